The summed E-state index contributed by atoms with van der Waals surface area (Å²) in [6.07, 6.45) is 8.83. The molecule has 0 saturated heterocycles. The van der Waals surface area contributed by atoms with Crippen molar-refractivity contribution in [2.75, 3.05) is 0 Å². The molecule has 1 amide bonds. The number of amides is 1. The van der Waals surface area contributed by atoms with Crippen LogP contribution in [0.15, 0.2) is 12.3 Å². The van der Waals surface area contributed by atoms with E-state index in [0.717, 1.165) is 29.6 Å². The normalized spacial score (nSPS) is 16.9. The zero-order valence-corrected chi connectivity index (χ0v) is 12.7. The van der Waals surface area contributed by atoms with E-state index in [1.807, 2.05) is 20.0 Å². The molecular weight excluding hydrogens is 264 g/mol. The number of carbonyl (C=O) groups excluding carboxylic acids is 1. The van der Waals surface area contributed by atoms with Crippen LogP contribution in [0.25, 0.3) is 11.0 Å². The zero-order chi connectivity index (χ0) is 14.8. The number of aromatic nitrogens is 3. The van der Waals surface area contributed by atoms with Crippen LogP contribution in [0.5, 0.6) is 0 Å². The summed E-state index contributed by atoms with van der Waals surface area (Å²) in [7, 11) is 1.87. The van der Waals surface area contributed by atoms with E-state index in [-0.39, 0.29) is 5.91 Å². The molecule has 112 valence electrons. The minimum atomic E-state index is -0.0143. The van der Waals surface area contributed by atoms with E-state index in [0.29, 0.717) is 11.6 Å². The lowest BCUT2D eigenvalue weighted by Gasteiger charge is -2.16. The van der Waals surface area contributed by atoms with E-state index in [1.165, 1.54) is 25.7 Å². The molecule has 0 aromatic carbocycles. The van der Waals surface area contributed by atoms with Crippen molar-refractivity contribution in [3.05, 3.63) is 23.5 Å². The molecule has 1 fully saturated rings. The SMILES string of the molecule is Cc1nn(C)c2ncc(C(=O)NC3CCCCCC3)cc12. The third-order valence-corrected chi connectivity index (χ3v) is 4.32. The summed E-state index contributed by atoms with van der Waals surface area (Å²) in [5.41, 5.74) is 2.35. The number of aryl methyl sites for hydroxylation is 2. The van der Waals surface area contributed by atoms with Gasteiger partial charge >= 0.3 is 0 Å². The lowest BCUT2D eigenvalue weighted by molar-refractivity contribution is 0.0933. The highest BCUT2D eigenvalue weighted by molar-refractivity contribution is 5.97. The van der Waals surface area contributed by atoms with Gasteiger partial charge in [0.1, 0.15) is 0 Å². The molecule has 1 aliphatic rings. The van der Waals surface area contributed by atoms with Crippen molar-refractivity contribution in [1.82, 2.24) is 20.1 Å². The van der Waals surface area contributed by atoms with Gasteiger partial charge < -0.3 is 5.32 Å². The molecule has 0 radical (unpaired) electrons. The predicted octanol–water partition coefficient (Wildman–Crippen LogP) is 2.73. The number of fused-ring (bicyclic) bond motifs is 1. The molecule has 2 heterocycles. The van der Waals surface area contributed by atoms with E-state index >= 15 is 0 Å². The maximum Gasteiger partial charge on any atom is 0.253 e. The van der Waals surface area contributed by atoms with Crippen LogP contribution in [0, 0.1) is 6.92 Å². The van der Waals surface area contributed by atoms with E-state index in [2.05, 4.69) is 15.4 Å². The van der Waals surface area contributed by atoms with Gasteiger partial charge in [0.15, 0.2) is 5.65 Å². The van der Waals surface area contributed by atoms with Crippen LogP contribution in [0.1, 0.15) is 54.6 Å². The monoisotopic (exact) mass is 286 g/mol. The van der Waals surface area contributed by atoms with Crippen molar-refractivity contribution in [3.8, 4) is 0 Å². The van der Waals surface area contributed by atoms with Gasteiger partial charge in [0, 0.05) is 24.7 Å². The van der Waals surface area contributed by atoms with E-state index in [9.17, 15) is 4.79 Å². The summed E-state index contributed by atoms with van der Waals surface area (Å²) in [6, 6.07) is 2.21. The van der Waals surface area contributed by atoms with Crippen molar-refractivity contribution in [3.63, 3.8) is 0 Å². The van der Waals surface area contributed by atoms with E-state index < -0.39 is 0 Å². The van der Waals surface area contributed by atoms with Gasteiger partial charge in [-0.3, -0.25) is 9.48 Å². The number of carbonyl (C=O) groups is 1. The fourth-order valence-electron chi connectivity index (χ4n) is 3.12. The largest absolute Gasteiger partial charge is 0.349 e. The quantitative estimate of drug-likeness (QED) is 0.864. The standard InChI is InChI=1S/C16H22N4O/c1-11-14-9-12(10-17-15(14)20(2)19-11)16(21)18-13-7-5-3-4-6-8-13/h9-10,13H,3-8H2,1-2H3,(H,18,21). The highest BCUT2D eigenvalue weighted by atomic mass is 16.1. The molecule has 0 aliphatic heterocycles. The van der Waals surface area contributed by atoms with Gasteiger partial charge in [0.05, 0.1) is 11.3 Å². The fourth-order valence-corrected chi connectivity index (χ4v) is 3.12. The third-order valence-electron chi connectivity index (χ3n) is 4.32. The summed E-state index contributed by atoms with van der Waals surface area (Å²) >= 11 is 0. The Balaban J connectivity index is 1.79. The first-order valence-electron chi connectivity index (χ1n) is 7.75. The highest BCUT2D eigenvalue weighted by Gasteiger charge is 2.17. The van der Waals surface area contributed by atoms with Crippen LogP contribution >= 0.6 is 0 Å². The van der Waals surface area contributed by atoms with Gasteiger partial charge in [-0.15, -0.1) is 0 Å². The smallest absolute Gasteiger partial charge is 0.253 e. The fraction of sp³-hybridized carbons (Fsp3) is 0.562. The molecule has 0 spiro atoms. The van der Waals surface area contributed by atoms with Crippen LogP contribution in [0.3, 0.4) is 0 Å². The molecule has 21 heavy (non-hydrogen) atoms. The molecule has 3 rings (SSSR count). The second-order valence-electron chi connectivity index (χ2n) is 5.97. The Kier molecular flexibility index (Phi) is 3.90. The average molecular weight is 286 g/mol. The van der Waals surface area contributed by atoms with Crippen molar-refractivity contribution in [2.24, 2.45) is 7.05 Å². The Morgan fingerprint density at radius 2 is 2.00 bits per heavy atom. The summed E-state index contributed by atoms with van der Waals surface area (Å²) < 4.78 is 1.75. The number of nitrogens with one attached hydrogen (secondary N) is 1. The summed E-state index contributed by atoms with van der Waals surface area (Å²) in [4.78, 5) is 16.8. The zero-order valence-electron chi connectivity index (χ0n) is 12.7. The molecule has 0 atom stereocenters. The van der Waals surface area contributed by atoms with Crippen molar-refractivity contribution < 1.29 is 4.79 Å². The second kappa shape index (κ2) is 5.84. The number of hydrogen-bond acceptors (Lipinski definition) is 3. The first-order chi connectivity index (χ1) is 10.1. The lowest BCUT2D eigenvalue weighted by atomic mass is 10.1. The Morgan fingerprint density at radius 1 is 1.29 bits per heavy atom. The van der Waals surface area contributed by atoms with Crippen LogP contribution < -0.4 is 5.32 Å². The molecule has 5 heteroatoms. The Morgan fingerprint density at radius 3 is 2.71 bits per heavy atom. The summed E-state index contributed by atoms with van der Waals surface area (Å²) in [5.74, 6) is -0.0143. The maximum atomic E-state index is 12.4. The summed E-state index contributed by atoms with van der Waals surface area (Å²) in [6.45, 7) is 1.94. The lowest BCUT2D eigenvalue weighted by Crippen LogP contribution is -2.34. The second-order valence-corrected chi connectivity index (χ2v) is 5.97. The summed E-state index contributed by atoms with van der Waals surface area (Å²) in [5, 5.41) is 8.45. The molecule has 5 nitrogen and oxygen atoms in total. The van der Waals surface area contributed by atoms with Gasteiger partial charge in [-0.05, 0) is 25.8 Å². The molecule has 0 unspecified atom stereocenters. The first-order valence-corrected chi connectivity index (χ1v) is 7.75. The van der Waals surface area contributed by atoms with Gasteiger partial charge in [0.2, 0.25) is 0 Å². The Hall–Kier alpha value is -1.91. The van der Waals surface area contributed by atoms with Gasteiger partial charge in [-0.2, -0.15) is 5.10 Å². The molecule has 2 aromatic rings. The van der Waals surface area contributed by atoms with Crippen molar-refractivity contribution in [2.45, 2.75) is 51.5 Å². The van der Waals surface area contributed by atoms with Crippen LogP contribution in [-0.2, 0) is 7.05 Å². The molecular formula is C16H22N4O. The third kappa shape index (κ3) is 2.91. The molecule has 1 N–H and O–H groups in total. The topological polar surface area (TPSA) is 59.8 Å². The van der Waals surface area contributed by atoms with Crippen LogP contribution in [0.2, 0.25) is 0 Å². The first kappa shape index (κ1) is 14.0. The maximum absolute atomic E-state index is 12.4. The van der Waals surface area contributed by atoms with E-state index in [4.69, 9.17) is 0 Å². The predicted molar refractivity (Wildman–Crippen MR) is 82.2 cm³/mol. The number of hydrogen-bond donors (Lipinski definition) is 1. The average Bonchev–Trinajstić information content (AvgIpc) is 2.67. The number of rotatable bonds is 2. The van der Waals surface area contributed by atoms with Crippen LogP contribution in [-0.4, -0.2) is 26.7 Å². The van der Waals surface area contributed by atoms with Gasteiger partial charge in [-0.25, -0.2) is 4.98 Å². The molecule has 1 saturated carbocycles. The Bertz CT molecular complexity index is 654. The van der Waals surface area contributed by atoms with Crippen molar-refractivity contribution >= 4 is 16.9 Å². The van der Waals surface area contributed by atoms with Gasteiger partial charge in [-0.1, -0.05) is 25.7 Å². The van der Waals surface area contributed by atoms with E-state index in [1.54, 1.807) is 10.9 Å². The van der Waals surface area contributed by atoms with Crippen LogP contribution in [0.4, 0.5) is 0 Å². The molecule has 2 aromatic heterocycles. The molecule has 1 aliphatic carbocycles. The highest BCUT2D eigenvalue weighted by Crippen LogP contribution is 2.19. The molecule has 0 bridgehead atoms. The minimum absolute atomic E-state index is 0.0143. The minimum Gasteiger partial charge on any atom is -0.349 e. The number of pyridine rings is 1. The Labute approximate surface area is 124 Å². The van der Waals surface area contributed by atoms with Crippen molar-refractivity contribution in [1.29, 1.82) is 0 Å². The number of nitrogens with zero attached hydrogens (tertiary/aromatic N) is 3. The van der Waals surface area contributed by atoms with Gasteiger partial charge in [0.25, 0.3) is 5.91 Å².